The van der Waals surface area contributed by atoms with E-state index in [9.17, 15) is 0 Å². The van der Waals surface area contributed by atoms with Crippen molar-refractivity contribution in [3.8, 4) is 0 Å². The molecule has 0 saturated heterocycles. The van der Waals surface area contributed by atoms with Gasteiger partial charge in [0.25, 0.3) is 0 Å². The third-order valence-corrected chi connectivity index (χ3v) is 4.16. The number of hydrogen-bond donors (Lipinski definition) is 4. The van der Waals surface area contributed by atoms with Crippen molar-refractivity contribution >= 4 is 50.5 Å². The molecule has 0 radical (unpaired) electrons. The molecule has 1 aromatic rings. The molecule has 0 aromatic heterocycles. The molecule has 4 atom stereocenters. The molecule has 0 aliphatic heterocycles. The van der Waals surface area contributed by atoms with E-state index in [2.05, 4.69) is 90.3 Å². The van der Waals surface area contributed by atoms with Gasteiger partial charge in [-0.05, 0) is 49.9 Å². The number of hydrogen-bond acceptors (Lipinski definition) is 4. The van der Waals surface area contributed by atoms with E-state index in [1.807, 2.05) is 0 Å². The van der Waals surface area contributed by atoms with Gasteiger partial charge in [0, 0.05) is 21.0 Å². The second-order valence-corrected chi connectivity index (χ2v) is 7.87. The molecule has 0 N–H and O–H groups in total. The summed E-state index contributed by atoms with van der Waals surface area (Å²) in [6.07, 6.45) is 0. The third-order valence-electron chi connectivity index (χ3n) is 3.09. The molecule has 0 aliphatic carbocycles. The van der Waals surface area contributed by atoms with Gasteiger partial charge in [-0.15, -0.1) is 0 Å². The molecule has 0 bridgehead atoms. The van der Waals surface area contributed by atoms with Crippen molar-refractivity contribution < 1.29 is 0 Å². The molecule has 102 valence electrons. The van der Waals surface area contributed by atoms with Crippen LogP contribution >= 0.6 is 50.5 Å². The van der Waals surface area contributed by atoms with Crippen LogP contribution in [0.25, 0.3) is 0 Å². The van der Waals surface area contributed by atoms with Crippen molar-refractivity contribution in [2.75, 3.05) is 0 Å². The normalized spacial score (nSPS) is 18.2. The quantitative estimate of drug-likeness (QED) is 0.507. The molecule has 0 aliphatic rings. The lowest BCUT2D eigenvalue weighted by atomic mass is 9.89. The molecule has 0 spiro atoms. The molecule has 4 heteroatoms. The van der Waals surface area contributed by atoms with E-state index < -0.39 is 0 Å². The second kappa shape index (κ2) is 6.87. The van der Waals surface area contributed by atoms with E-state index in [4.69, 9.17) is 0 Å². The largest absolute Gasteiger partial charge is 0.171 e. The second-order valence-electron chi connectivity index (χ2n) is 4.78. The zero-order valence-electron chi connectivity index (χ0n) is 11.3. The van der Waals surface area contributed by atoms with Crippen molar-refractivity contribution in [2.45, 2.75) is 48.7 Å². The van der Waals surface area contributed by atoms with Crippen LogP contribution in [0.5, 0.6) is 0 Å². The van der Waals surface area contributed by atoms with Crippen LogP contribution in [0.3, 0.4) is 0 Å². The highest BCUT2D eigenvalue weighted by Gasteiger charge is 2.22. The smallest absolute Gasteiger partial charge is 0.0245 e. The Morgan fingerprint density at radius 2 is 0.889 bits per heavy atom. The van der Waals surface area contributed by atoms with Crippen molar-refractivity contribution in [2.24, 2.45) is 0 Å². The third kappa shape index (κ3) is 3.59. The minimum Gasteiger partial charge on any atom is -0.171 e. The molecule has 18 heavy (non-hydrogen) atoms. The molecule has 0 nitrogen and oxygen atoms in total. The fourth-order valence-electron chi connectivity index (χ4n) is 2.33. The molecule has 4 unspecified atom stereocenters. The summed E-state index contributed by atoms with van der Waals surface area (Å²) >= 11 is 18.4. The molecular weight excluding hydrogens is 296 g/mol. The number of rotatable bonds is 4. The van der Waals surface area contributed by atoms with E-state index >= 15 is 0 Å². The summed E-state index contributed by atoms with van der Waals surface area (Å²) in [5.74, 6) is 0. The Morgan fingerprint density at radius 1 is 0.611 bits per heavy atom. The fraction of sp³-hybridized carbons (Fsp3) is 0.571. The van der Waals surface area contributed by atoms with Gasteiger partial charge >= 0.3 is 0 Å². The van der Waals surface area contributed by atoms with Gasteiger partial charge in [0.1, 0.15) is 0 Å². The van der Waals surface area contributed by atoms with Gasteiger partial charge in [-0.3, -0.25) is 0 Å². The Hall–Kier alpha value is 0.620. The lowest BCUT2D eigenvalue weighted by molar-refractivity contribution is 0.920. The van der Waals surface area contributed by atoms with Crippen LogP contribution in [0.2, 0.25) is 0 Å². The summed E-state index contributed by atoms with van der Waals surface area (Å²) < 4.78 is 0. The zero-order valence-corrected chi connectivity index (χ0v) is 14.8. The number of thiol groups is 4. The van der Waals surface area contributed by atoms with Gasteiger partial charge in [0.15, 0.2) is 0 Å². The fourth-order valence-corrected chi connectivity index (χ4v) is 3.36. The van der Waals surface area contributed by atoms with Crippen LogP contribution in [-0.4, -0.2) is 0 Å². The number of benzene rings is 1. The van der Waals surface area contributed by atoms with Crippen LogP contribution < -0.4 is 0 Å². The van der Waals surface area contributed by atoms with Crippen LogP contribution in [0.15, 0.2) is 12.1 Å². The van der Waals surface area contributed by atoms with Gasteiger partial charge in [0.05, 0.1) is 0 Å². The maximum atomic E-state index is 4.64. The van der Waals surface area contributed by atoms with Crippen LogP contribution in [0.4, 0.5) is 0 Å². The first-order valence-electron chi connectivity index (χ1n) is 6.16. The Morgan fingerprint density at radius 3 is 1.06 bits per heavy atom. The van der Waals surface area contributed by atoms with E-state index in [0.717, 1.165) is 0 Å². The first kappa shape index (κ1) is 16.7. The van der Waals surface area contributed by atoms with Gasteiger partial charge in [-0.1, -0.05) is 12.1 Å². The summed E-state index contributed by atoms with van der Waals surface area (Å²) in [5, 5.41) is 0.742. The van der Waals surface area contributed by atoms with Crippen molar-refractivity contribution in [3.05, 3.63) is 34.4 Å². The SMILES string of the molecule is CC(S)c1ccc(C(C)S)c(C(C)S)c1C(C)S. The van der Waals surface area contributed by atoms with E-state index in [1.54, 1.807) is 0 Å². The van der Waals surface area contributed by atoms with Gasteiger partial charge in [-0.25, -0.2) is 0 Å². The van der Waals surface area contributed by atoms with E-state index in [1.165, 1.54) is 22.3 Å². The maximum Gasteiger partial charge on any atom is 0.0245 e. The first-order chi connectivity index (χ1) is 8.27. The summed E-state index contributed by atoms with van der Waals surface area (Å²) in [6.45, 7) is 8.39. The molecule has 0 fully saturated rings. The predicted molar refractivity (Wildman–Crippen MR) is 96.0 cm³/mol. The Bertz CT molecular complexity index is 370. The minimum atomic E-state index is 0.172. The first-order valence-corrected chi connectivity index (χ1v) is 8.22. The summed E-state index contributed by atoms with van der Waals surface area (Å²) in [6, 6.07) is 4.31. The molecule has 0 amide bonds. The standard InChI is InChI=1S/C14H22S4/c1-7(15)11-5-6-12(8(2)16)14(10(4)18)13(11)9(3)17/h5-10,15-18H,1-4H3. The average molecular weight is 319 g/mol. The van der Waals surface area contributed by atoms with E-state index in [0.29, 0.717) is 0 Å². The highest BCUT2D eigenvalue weighted by atomic mass is 32.1. The van der Waals surface area contributed by atoms with Crippen LogP contribution in [0, 0.1) is 0 Å². The lowest BCUT2D eigenvalue weighted by Crippen LogP contribution is -2.07. The van der Waals surface area contributed by atoms with Crippen LogP contribution in [-0.2, 0) is 0 Å². The lowest BCUT2D eigenvalue weighted by Gasteiger charge is -2.25. The molecule has 0 heterocycles. The predicted octanol–water partition coefficient (Wildman–Crippen LogP) is 5.65. The summed E-state index contributed by atoms with van der Waals surface area (Å²) in [5.41, 5.74) is 5.02. The monoisotopic (exact) mass is 318 g/mol. The van der Waals surface area contributed by atoms with Crippen LogP contribution in [0.1, 0.15) is 70.9 Å². The topological polar surface area (TPSA) is 0 Å². The molecule has 1 rings (SSSR count). The van der Waals surface area contributed by atoms with Crippen molar-refractivity contribution in [1.82, 2.24) is 0 Å². The van der Waals surface area contributed by atoms with E-state index in [-0.39, 0.29) is 21.0 Å². The Kier molecular flexibility index (Phi) is 6.36. The van der Waals surface area contributed by atoms with Gasteiger partial charge < -0.3 is 0 Å². The Balaban J connectivity index is 3.60. The molecule has 0 saturated carbocycles. The zero-order chi connectivity index (χ0) is 14.0. The minimum absolute atomic E-state index is 0.172. The van der Waals surface area contributed by atoms with Gasteiger partial charge in [-0.2, -0.15) is 50.5 Å². The summed E-state index contributed by atoms with van der Waals surface area (Å²) in [4.78, 5) is 0. The highest BCUT2D eigenvalue weighted by Crippen LogP contribution is 2.41. The van der Waals surface area contributed by atoms with Gasteiger partial charge in [0.2, 0.25) is 0 Å². The highest BCUT2D eigenvalue weighted by molar-refractivity contribution is 7.81. The Labute approximate surface area is 133 Å². The average Bonchev–Trinajstić information content (AvgIpc) is 2.26. The van der Waals surface area contributed by atoms with Crippen molar-refractivity contribution in [3.63, 3.8) is 0 Å². The molecule has 1 aromatic carbocycles. The maximum absolute atomic E-state index is 4.64. The van der Waals surface area contributed by atoms with Crippen molar-refractivity contribution in [1.29, 1.82) is 0 Å². The molecular formula is C14H22S4. The summed E-state index contributed by atoms with van der Waals surface area (Å²) in [7, 11) is 0.